The lowest BCUT2D eigenvalue weighted by molar-refractivity contribution is 0.147. The highest BCUT2D eigenvalue weighted by atomic mass is 16.5. The Hall–Kier alpha value is -0.0800. The van der Waals surface area contributed by atoms with E-state index in [0.717, 1.165) is 12.5 Å². The van der Waals surface area contributed by atoms with Crippen LogP contribution in [0.3, 0.4) is 0 Å². The Morgan fingerprint density at radius 2 is 1.88 bits per heavy atom. The molecule has 0 radical (unpaired) electrons. The lowest BCUT2D eigenvalue weighted by atomic mass is 9.88. The van der Waals surface area contributed by atoms with Gasteiger partial charge in [0.25, 0.3) is 0 Å². The molecule has 0 fully saturated rings. The van der Waals surface area contributed by atoms with E-state index in [-0.39, 0.29) is 0 Å². The minimum Gasteiger partial charge on any atom is -0.384 e. The molecule has 2 nitrogen and oxygen atoms in total. The molecule has 2 heteroatoms. The maximum Gasteiger partial charge on any atom is 0.0488 e. The molecule has 0 heterocycles. The third-order valence-corrected chi connectivity index (χ3v) is 3.71. The smallest absolute Gasteiger partial charge is 0.0488 e. The lowest BCUT2D eigenvalue weighted by Crippen LogP contribution is -2.30. The van der Waals surface area contributed by atoms with Crippen molar-refractivity contribution in [2.75, 3.05) is 20.8 Å². The summed E-state index contributed by atoms with van der Waals surface area (Å²) >= 11 is 0. The Labute approximate surface area is 109 Å². The highest BCUT2D eigenvalue weighted by molar-refractivity contribution is 4.72. The van der Waals surface area contributed by atoms with Gasteiger partial charge in [0.15, 0.2) is 0 Å². The largest absolute Gasteiger partial charge is 0.384 e. The number of nitrogens with one attached hydrogen (secondary N) is 1. The van der Waals surface area contributed by atoms with E-state index in [1.54, 1.807) is 7.11 Å². The number of ether oxygens (including phenoxy) is 1. The number of unbranched alkanes of at least 4 members (excludes halogenated alkanes) is 1. The first-order valence-corrected chi connectivity index (χ1v) is 7.33. The summed E-state index contributed by atoms with van der Waals surface area (Å²) in [4.78, 5) is 0. The molecule has 0 saturated heterocycles. The second-order valence-electron chi connectivity index (χ2n) is 5.43. The van der Waals surface area contributed by atoms with E-state index in [1.807, 2.05) is 0 Å². The van der Waals surface area contributed by atoms with E-state index < -0.39 is 0 Å². The average molecular weight is 243 g/mol. The minimum atomic E-state index is 0.654. The molecular weight excluding hydrogens is 210 g/mol. The maximum absolute atomic E-state index is 5.22. The van der Waals surface area contributed by atoms with Gasteiger partial charge in [-0.3, -0.25) is 0 Å². The molecule has 0 aromatic heterocycles. The number of rotatable bonds is 11. The normalized spacial score (nSPS) is 16.8. The molecule has 0 rings (SSSR count). The zero-order valence-electron chi connectivity index (χ0n) is 12.6. The Morgan fingerprint density at radius 1 is 1.18 bits per heavy atom. The molecule has 0 aliphatic carbocycles. The fourth-order valence-electron chi connectivity index (χ4n) is 2.55. The van der Waals surface area contributed by atoms with Gasteiger partial charge in [-0.2, -0.15) is 0 Å². The molecule has 104 valence electrons. The van der Waals surface area contributed by atoms with Crippen molar-refractivity contribution in [1.29, 1.82) is 0 Å². The van der Waals surface area contributed by atoms with Crippen LogP contribution in [0.2, 0.25) is 0 Å². The second-order valence-corrected chi connectivity index (χ2v) is 5.43. The lowest BCUT2D eigenvalue weighted by Gasteiger charge is -2.24. The first kappa shape index (κ1) is 16.9. The van der Waals surface area contributed by atoms with Gasteiger partial charge in [0, 0.05) is 19.8 Å². The number of methoxy groups -OCH3 is 1. The molecule has 0 aromatic rings. The Morgan fingerprint density at radius 3 is 2.35 bits per heavy atom. The van der Waals surface area contributed by atoms with Crippen LogP contribution in [0.4, 0.5) is 0 Å². The second kappa shape index (κ2) is 11.0. The van der Waals surface area contributed by atoms with E-state index in [1.165, 1.54) is 38.5 Å². The molecule has 1 N–H and O–H groups in total. The van der Waals surface area contributed by atoms with Crippen molar-refractivity contribution >= 4 is 0 Å². The summed E-state index contributed by atoms with van der Waals surface area (Å²) in [6.07, 6.45) is 7.96. The predicted molar refractivity (Wildman–Crippen MR) is 76.4 cm³/mol. The summed E-state index contributed by atoms with van der Waals surface area (Å²) in [7, 11) is 3.89. The summed E-state index contributed by atoms with van der Waals surface area (Å²) in [5, 5.41) is 3.48. The first-order valence-electron chi connectivity index (χ1n) is 7.33. The summed E-state index contributed by atoms with van der Waals surface area (Å²) in [5.74, 6) is 1.54. The summed E-state index contributed by atoms with van der Waals surface area (Å²) in [6, 6.07) is 0.655. The molecular formula is C15H33NO. The third-order valence-electron chi connectivity index (χ3n) is 3.71. The molecule has 0 spiro atoms. The molecule has 0 bridgehead atoms. The van der Waals surface area contributed by atoms with E-state index in [0.29, 0.717) is 12.0 Å². The SMILES string of the molecule is CCCCC(CC)CC(CC(C)COC)NC. The van der Waals surface area contributed by atoms with Crippen molar-refractivity contribution in [2.24, 2.45) is 11.8 Å². The minimum absolute atomic E-state index is 0.654. The molecule has 3 atom stereocenters. The van der Waals surface area contributed by atoms with Gasteiger partial charge in [0.2, 0.25) is 0 Å². The fraction of sp³-hybridized carbons (Fsp3) is 1.00. The van der Waals surface area contributed by atoms with Gasteiger partial charge in [0.05, 0.1) is 0 Å². The van der Waals surface area contributed by atoms with Crippen molar-refractivity contribution in [3.8, 4) is 0 Å². The highest BCUT2D eigenvalue weighted by Crippen LogP contribution is 2.21. The van der Waals surface area contributed by atoms with Crippen LogP contribution in [0.25, 0.3) is 0 Å². The zero-order chi connectivity index (χ0) is 13.1. The first-order chi connectivity index (χ1) is 8.17. The zero-order valence-corrected chi connectivity index (χ0v) is 12.6. The van der Waals surface area contributed by atoms with Gasteiger partial charge in [-0.05, 0) is 31.7 Å². The Balaban J connectivity index is 3.98. The van der Waals surface area contributed by atoms with Gasteiger partial charge >= 0.3 is 0 Å². The molecule has 0 aromatic carbocycles. The molecule has 17 heavy (non-hydrogen) atoms. The van der Waals surface area contributed by atoms with Gasteiger partial charge < -0.3 is 10.1 Å². The van der Waals surface area contributed by atoms with E-state index >= 15 is 0 Å². The fourth-order valence-corrected chi connectivity index (χ4v) is 2.55. The third kappa shape index (κ3) is 8.62. The van der Waals surface area contributed by atoms with Crippen LogP contribution in [-0.2, 0) is 4.74 Å². The topological polar surface area (TPSA) is 21.3 Å². The van der Waals surface area contributed by atoms with Gasteiger partial charge in [-0.25, -0.2) is 0 Å². The van der Waals surface area contributed by atoms with Crippen LogP contribution >= 0.6 is 0 Å². The van der Waals surface area contributed by atoms with Gasteiger partial charge in [-0.15, -0.1) is 0 Å². The average Bonchev–Trinajstić information content (AvgIpc) is 2.33. The van der Waals surface area contributed by atoms with Crippen LogP contribution in [-0.4, -0.2) is 26.8 Å². The molecule has 0 aliphatic rings. The van der Waals surface area contributed by atoms with Crippen molar-refractivity contribution in [2.45, 2.75) is 65.3 Å². The van der Waals surface area contributed by atoms with Crippen molar-refractivity contribution < 1.29 is 4.74 Å². The van der Waals surface area contributed by atoms with Crippen LogP contribution in [0.15, 0.2) is 0 Å². The van der Waals surface area contributed by atoms with Gasteiger partial charge in [-0.1, -0.05) is 46.5 Å². The van der Waals surface area contributed by atoms with Crippen molar-refractivity contribution in [3.05, 3.63) is 0 Å². The monoisotopic (exact) mass is 243 g/mol. The number of hydrogen-bond acceptors (Lipinski definition) is 2. The van der Waals surface area contributed by atoms with Crippen LogP contribution in [0.1, 0.15) is 59.3 Å². The van der Waals surface area contributed by atoms with E-state index in [9.17, 15) is 0 Å². The molecule has 3 unspecified atom stereocenters. The number of hydrogen-bond donors (Lipinski definition) is 1. The van der Waals surface area contributed by atoms with Gasteiger partial charge in [0.1, 0.15) is 0 Å². The predicted octanol–water partition coefficient (Wildman–Crippen LogP) is 3.85. The van der Waals surface area contributed by atoms with E-state index in [2.05, 4.69) is 33.1 Å². The van der Waals surface area contributed by atoms with Crippen molar-refractivity contribution in [1.82, 2.24) is 5.32 Å². The van der Waals surface area contributed by atoms with Crippen LogP contribution in [0, 0.1) is 11.8 Å². The highest BCUT2D eigenvalue weighted by Gasteiger charge is 2.16. The maximum atomic E-state index is 5.22. The summed E-state index contributed by atoms with van der Waals surface area (Å²) in [5.41, 5.74) is 0. The van der Waals surface area contributed by atoms with Crippen LogP contribution < -0.4 is 5.32 Å². The molecule has 0 saturated carbocycles. The summed E-state index contributed by atoms with van der Waals surface area (Å²) in [6.45, 7) is 7.76. The van der Waals surface area contributed by atoms with Crippen molar-refractivity contribution in [3.63, 3.8) is 0 Å². The molecule has 0 aliphatic heterocycles. The van der Waals surface area contributed by atoms with Crippen LogP contribution in [0.5, 0.6) is 0 Å². The standard InChI is InChI=1S/C15H33NO/c1-6-8-9-14(7-2)11-15(16-4)10-13(3)12-17-5/h13-16H,6-12H2,1-5H3. The van der Waals surface area contributed by atoms with E-state index in [4.69, 9.17) is 4.74 Å². The molecule has 0 amide bonds. The Kier molecular flexibility index (Phi) is 11.0. The summed E-state index contributed by atoms with van der Waals surface area (Å²) < 4.78 is 5.22. The Bertz CT molecular complexity index is 161. The quantitative estimate of drug-likeness (QED) is 0.595.